The van der Waals surface area contributed by atoms with E-state index >= 15 is 0 Å². The molecule has 1 fully saturated rings. The van der Waals surface area contributed by atoms with Gasteiger partial charge in [0.15, 0.2) is 0 Å². The fraction of sp³-hybridized carbons (Fsp3) is 0.500. The summed E-state index contributed by atoms with van der Waals surface area (Å²) in [5.41, 5.74) is 3.21. The van der Waals surface area contributed by atoms with E-state index in [0.29, 0.717) is 31.2 Å². The lowest BCUT2D eigenvalue weighted by molar-refractivity contribution is -0.125. The third kappa shape index (κ3) is 7.23. The average Bonchev–Trinajstić information content (AvgIpc) is 2.92. The SMILES string of the molecule is CO/N=C(\C)C(=O)N1CCC(Nc2cc(C(=O)NC[C@H](O)CN3CCc4ccccc4C3)ncn2)CC1. The molecule has 1 saturated heterocycles. The summed E-state index contributed by atoms with van der Waals surface area (Å²) in [4.78, 5) is 42.0. The molecule has 11 nitrogen and oxygen atoms in total. The zero-order chi connectivity index (χ0) is 26.2. The molecule has 11 heteroatoms. The van der Waals surface area contributed by atoms with Crippen molar-refractivity contribution in [1.82, 2.24) is 25.1 Å². The van der Waals surface area contributed by atoms with Crippen molar-refractivity contribution in [3.63, 3.8) is 0 Å². The zero-order valence-electron chi connectivity index (χ0n) is 21.4. The molecular weight excluding hydrogens is 474 g/mol. The number of β-amino-alcohol motifs (C(OH)–C–C–N with tert-alkyl or cyclic N) is 1. The standard InChI is InChI=1S/C26H35N7O4/c1-18(31-37-2)26(36)33-11-8-21(9-12-33)30-24-13-23(28-17-29-24)25(35)27-14-22(34)16-32-10-7-19-5-3-4-6-20(19)15-32/h3-6,13,17,21-22,34H,7-12,14-16H2,1-2H3,(H,27,35)(H,28,29,30)/b31-18+/t22-/m0/s1. The minimum atomic E-state index is -0.681. The first kappa shape index (κ1) is 26.5. The number of amides is 2. The molecule has 0 unspecified atom stereocenters. The Morgan fingerprint density at radius 1 is 1.19 bits per heavy atom. The van der Waals surface area contributed by atoms with Gasteiger partial charge in [-0.05, 0) is 37.3 Å². The van der Waals surface area contributed by atoms with Gasteiger partial charge in [-0.1, -0.05) is 29.4 Å². The van der Waals surface area contributed by atoms with Gasteiger partial charge in [0.05, 0.1) is 6.10 Å². The second kappa shape index (κ2) is 12.6. The van der Waals surface area contributed by atoms with Crippen molar-refractivity contribution in [2.75, 3.05) is 45.2 Å². The summed E-state index contributed by atoms with van der Waals surface area (Å²) < 4.78 is 0. The predicted molar refractivity (Wildman–Crippen MR) is 139 cm³/mol. The highest BCUT2D eigenvalue weighted by atomic mass is 16.6. The third-order valence-corrected chi connectivity index (χ3v) is 6.75. The van der Waals surface area contributed by atoms with Crippen LogP contribution in [0.25, 0.3) is 0 Å². The van der Waals surface area contributed by atoms with Gasteiger partial charge in [-0.15, -0.1) is 0 Å². The van der Waals surface area contributed by atoms with Crippen molar-refractivity contribution in [2.45, 2.75) is 44.9 Å². The normalized spacial score (nSPS) is 17.6. The fourth-order valence-corrected chi connectivity index (χ4v) is 4.77. The maximum atomic E-state index is 12.7. The molecular formula is C26H35N7O4. The van der Waals surface area contributed by atoms with E-state index in [9.17, 15) is 14.7 Å². The number of nitrogens with one attached hydrogen (secondary N) is 2. The van der Waals surface area contributed by atoms with Crippen LogP contribution in [0.5, 0.6) is 0 Å². The summed E-state index contributed by atoms with van der Waals surface area (Å²) >= 11 is 0. The molecule has 0 saturated carbocycles. The van der Waals surface area contributed by atoms with Crippen LogP contribution in [0.1, 0.15) is 41.4 Å². The van der Waals surface area contributed by atoms with Crippen LogP contribution in [-0.4, -0.2) is 94.4 Å². The number of rotatable bonds is 9. The summed E-state index contributed by atoms with van der Waals surface area (Å²) in [5, 5.41) is 20.3. The van der Waals surface area contributed by atoms with Gasteiger partial charge in [-0.25, -0.2) is 9.97 Å². The molecule has 2 aromatic rings. The Kier molecular flexibility index (Phi) is 9.02. The number of nitrogens with zero attached hydrogens (tertiary/aromatic N) is 5. The number of hydrogen-bond acceptors (Lipinski definition) is 9. The monoisotopic (exact) mass is 509 g/mol. The van der Waals surface area contributed by atoms with E-state index in [1.807, 2.05) is 6.07 Å². The Hall–Kier alpha value is -3.57. The number of hydrogen-bond donors (Lipinski definition) is 3. The Morgan fingerprint density at radius 3 is 2.70 bits per heavy atom. The lowest BCUT2D eigenvalue weighted by Gasteiger charge is -2.32. The third-order valence-electron chi connectivity index (χ3n) is 6.75. The number of aromatic nitrogens is 2. The van der Waals surface area contributed by atoms with Crippen LogP contribution in [0.2, 0.25) is 0 Å². The lowest BCUT2D eigenvalue weighted by Crippen LogP contribution is -2.44. The van der Waals surface area contributed by atoms with Crippen molar-refractivity contribution < 1.29 is 19.5 Å². The van der Waals surface area contributed by atoms with E-state index in [4.69, 9.17) is 0 Å². The van der Waals surface area contributed by atoms with Gasteiger partial charge in [0.25, 0.3) is 11.8 Å². The second-order valence-electron chi connectivity index (χ2n) is 9.48. The fourth-order valence-electron chi connectivity index (χ4n) is 4.77. The van der Waals surface area contributed by atoms with E-state index in [2.05, 4.69) is 53.7 Å². The van der Waals surface area contributed by atoms with Gasteiger partial charge in [0.1, 0.15) is 30.7 Å². The lowest BCUT2D eigenvalue weighted by atomic mass is 10.00. The van der Waals surface area contributed by atoms with E-state index in [0.717, 1.165) is 32.4 Å². The maximum absolute atomic E-state index is 12.7. The molecule has 4 rings (SSSR count). The van der Waals surface area contributed by atoms with E-state index in [1.165, 1.54) is 24.6 Å². The first-order valence-electron chi connectivity index (χ1n) is 12.6. The summed E-state index contributed by atoms with van der Waals surface area (Å²) in [6, 6.07) is 10.1. The number of benzene rings is 1. The zero-order valence-corrected chi connectivity index (χ0v) is 21.4. The summed E-state index contributed by atoms with van der Waals surface area (Å²) in [6.07, 6.45) is 3.11. The van der Waals surface area contributed by atoms with Gasteiger partial charge in [0, 0.05) is 51.4 Å². The number of oxime groups is 1. The molecule has 0 aliphatic carbocycles. The minimum Gasteiger partial charge on any atom is -0.399 e. The van der Waals surface area contributed by atoms with Crippen molar-refractivity contribution in [3.8, 4) is 0 Å². The molecule has 2 aliphatic rings. The van der Waals surface area contributed by atoms with Crippen molar-refractivity contribution >= 4 is 23.3 Å². The van der Waals surface area contributed by atoms with Crippen molar-refractivity contribution in [1.29, 1.82) is 0 Å². The van der Waals surface area contributed by atoms with Crippen molar-refractivity contribution in [3.05, 3.63) is 53.5 Å². The highest BCUT2D eigenvalue weighted by molar-refractivity contribution is 6.37. The number of carbonyl (C=O) groups excluding carboxylic acids is 2. The van der Waals surface area contributed by atoms with Crippen molar-refractivity contribution in [2.24, 2.45) is 5.16 Å². The Bertz CT molecular complexity index is 1120. The molecule has 1 aromatic heterocycles. The van der Waals surface area contributed by atoms with Crippen LogP contribution in [0.15, 0.2) is 41.8 Å². The highest BCUT2D eigenvalue weighted by Crippen LogP contribution is 2.19. The number of likely N-dealkylation sites (tertiary alicyclic amines) is 1. The average molecular weight is 510 g/mol. The minimum absolute atomic E-state index is 0.117. The second-order valence-corrected chi connectivity index (χ2v) is 9.48. The number of anilines is 1. The van der Waals surface area contributed by atoms with E-state index in [1.54, 1.807) is 17.9 Å². The highest BCUT2D eigenvalue weighted by Gasteiger charge is 2.25. The maximum Gasteiger partial charge on any atom is 0.271 e. The van der Waals surface area contributed by atoms with Crippen LogP contribution in [0.4, 0.5) is 5.82 Å². The number of carbonyl (C=O) groups is 2. The molecule has 3 heterocycles. The Morgan fingerprint density at radius 2 is 1.95 bits per heavy atom. The van der Waals surface area contributed by atoms with Gasteiger partial charge in [-0.3, -0.25) is 14.5 Å². The van der Waals surface area contributed by atoms with Gasteiger partial charge < -0.3 is 25.5 Å². The first-order valence-corrected chi connectivity index (χ1v) is 12.6. The topological polar surface area (TPSA) is 132 Å². The molecule has 1 atom stereocenters. The Labute approximate surface area is 216 Å². The predicted octanol–water partition coefficient (Wildman–Crippen LogP) is 1.05. The molecule has 2 aliphatic heterocycles. The van der Waals surface area contributed by atoms with Crippen LogP contribution in [0.3, 0.4) is 0 Å². The molecule has 37 heavy (non-hydrogen) atoms. The van der Waals surface area contributed by atoms with Gasteiger partial charge in [-0.2, -0.15) is 0 Å². The van der Waals surface area contributed by atoms with Crippen LogP contribution in [-0.2, 0) is 22.6 Å². The van der Waals surface area contributed by atoms with Crippen LogP contribution < -0.4 is 10.6 Å². The molecule has 0 spiro atoms. The van der Waals surface area contributed by atoms with Gasteiger partial charge in [0.2, 0.25) is 0 Å². The molecule has 1 aromatic carbocycles. The number of aliphatic hydroxyl groups excluding tert-OH is 1. The summed E-state index contributed by atoms with van der Waals surface area (Å²) in [7, 11) is 1.42. The van der Waals surface area contributed by atoms with Gasteiger partial charge >= 0.3 is 0 Å². The Balaban J connectivity index is 1.22. The van der Waals surface area contributed by atoms with Crippen LogP contribution in [0, 0.1) is 0 Å². The number of aliphatic hydroxyl groups is 1. The summed E-state index contributed by atoms with van der Waals surface area (Å²) in [6.45, 7) is 5.13. The summed E-state index contributed by atoms with van der Waals surface area (Å²) in [5.74, 6) is 0.0602. The largest absolute Gasteiger partial charge is 0.399 e. The van der Waals surface area contributed by atoms with E-state index in [-0.39, 0.29) is 30.1 Å². The molecule has 0 radical (unpaired) electrons. The first-order chi connectivity index (χ1) is 17.9. The number of piperidine rings is 1. The van der Waals surface area contributed by atoms with E-state index < -0.39 is 6.10 Å². The van der Waals surface area contributed by atoms with Crippen LogP contribution >= 0.6 is 0 Å². The number of fused-ring (bicyclic) bond motifs is 1. The smallest absolute Gasteiger partial charge is 0.271 e. The molecule has 3 N–H and O–H groups in total. The molecule has 198 valence electrons. The molecule has 0 bridgehead atoms. The quantitative estimate of drug-likeness (QED) is 0.338. The molecule has 2 amide bonds.